The average Bonchev–Trinajstić information content (AvgIpc) is 2.85. The second kappa shape index (κ2) is 3.86. The molecule has 0 N–H and O–H groups in total. The van der Waals surface area contributed by atoms with Crippen molar-refractivity contribution in [3.8, 4) is 11.6 Å². The first kappa shape index (κ1) is 9.31. The number of nitrogens with zero attached hydrogens (tertiary/aromatic N) is 6. The molecule has 2 heterocycles. The highest BCUT2D eigenvalue weighted by Gasteiger charge is 2.16. The zero-order valence-electron chi connectivity index (χ0n) is 8.15. The van der Waals surface area contributed by atoms with Gasteiger partial charge in [-0.15, -0.1) is 0 Å². The highest BCUT2D eigenvalue weighted by molar-refractivity contribution is 5.67. The van der Waals surface area contributed by atoms with Crippen LogP contribution in [0.1, 0.15) is 0 Å². The third-order valence-corrected chi connectivity index (χ3v) is 1.45. The van der Waals surface area contributed by atoms with Crippen LogP contribution in [0.15, 0.2) is 20.5 Å². The van der Waals surface area contributed by atoms with Gasteiger partial charge in [0.1, 0.15) is 0 Å². The quantitative estimate of drug-likeness (QED) is 0.530. The van der Waals surface area contributed by atoms with E-state index in [9.17, 15) is 0 Å². The van der Waals surface area contributed by atoms with Gasteiger partial charge in [-0.05, 0) is 10.3 Å². The van der Waals surface area contributed by atoms with Crippen molar-refractivity contribution in [3.05, 3.63) is 6.33 Å². The van der Waals surface area contributed by atoms with Gasteiger partial charge in [-0.1, -0.05) is 5.16 Å². The Morgan fingerprint density at radius 3 is 2.93 bits per heavy atom. The molecule has 0 atom stereocenters. The van der Waals surface area contributed by atoms with E-state index < -0.39 is 0 Å². The van der Waals surface area contributed by atoms with E-state index in [2.05, 4.69) is 30.1 Å². The molecule has 0 aromatic carbocycles. The Morgan fingerprint density at radius 2 is 2.27 bits per heavy atom. The van der Waals surface area contributed by atoms with E-state index in [-0.39, 0.29) is 5.89 Å². The van der Waals surface area contributed by atoms with Crippen LogP contribution in [0, 0.1) is 0 Å². The first-order valence-corrected chi connectivity index (χ1v) is 4.07. The van der Waals surface area contributed by atoms with Crippen molar-refractivity contribution in [1.29, 1.82) is 0 Å². The van der Waals surface area contributed by atoms with Crippen LogP contribution >= 0.6 is 0 Å². The topological polar surface area (TPSA) is 93.4 Å². The largest absolute Gasteiger partial charge is 0.369 e. The smallest absolute Gasteiger partial charge is 0.283 e. The Labute approximate surface area is 84.6 Å². The molecule has 0 aliphatic heterocycles. The molecule has 0 saturated heterocycles. The molecule has 8 heteroatoms. The van der Waals surface area contributed by atoms with Gasteiger partial charge in [0, 0.05) is 14.1 Å². The van der Waals surface area contributed by atoms with Crippen LogP contribution in [0.25, 0.3) is 11.6 Å². The summed E-state index contributed by atoms with van der Waals surface area (Å²) in [5.74, 6) is 0.523. The van der Waals surface area contributed by atoms with Gasteiger partial charge < -0.3 is 9.42 Å². The zero-order chi connectivity index (χ0) is 10.7. The van der Waals surface area contributed by atoms with E-state index in [4.69, 9.17) is 4.52 Å². The van der Waals surface area contributed by atoms with Gasteiger partial charge in [-0.3, -0.25) is 0 Å². The van der Waals surface area contributed by atoms with E-state index >= 15 is 0 Å². The summed E-state index contributed by atoms with van der Waals surface area (Å²) in [6, 6.07) is 0. The normalized spacial score (nSPS) is 11.1. The molecule has 15 heavy (non-hydrogen) atoms. The minimum absolute atomic E-state index is 0.224. The molecule has 0 saturated carbocycles. The van der Waals surface area contributed by atoms with Crippen molar-refractivity contribution < 1.29 is 9.15 Å². The lowest BCUT2D eigenvalue weighted by Crippen LogP contribution is -2.07. The Morgan fingerprint density at radius 1 is 1.40 bits per heavy atom. The fourth-order valence-electron chi connectivity index (χ4n) is 0.851. The minimum Gasteiger partial charge on any atom is -0.369 e. The lowest BCUT2D eigenvalue weighted by Gasteiger charge is -1.99. The number of aliphatic imine (C=N–C) groups is 1. The molecule has 2 aromatic rings. The predicted octanol–water partition coefficient (Wildman–Crippen LogP) is 0.341. The highest BCUT2D eigenvalue weighted by Crippen LogP contribution is 2.23. The van der Waals surface area contributed by atoms with Gasteiger partial charge in [0.2, 0.25) is 11.5 Å². The van der Waals surface area contributed by atoms with Crippen LogP contribution in [0.5, 0.6) is 0 Å². The lowest BCUT2D eigenvalue weighted by molar-refractivity contribution is 0.307. The summed E-state index contributed by atoms with van der Waals surface area (Å²) in [4.78, 5) is 9.60. The van der Waals surface area contributed by atoms with E-state index in [1.807, 2.05) is 14.1 Å². The maximum absolute atomic E-state index is 4.81. The molecule has 0 unspecified atom stereocenters. The van der Waals surface area contributed by atoms with Crippen LogP contribution in [-0.2, 0) is 0 Å². The molecule has 0 fully saturated rings. The van der Waals surface area contributed by atoms with Crippen LogP contribution in [-0.4, -0.2) is 45.8 Å². The third kappa shape index (κ3) is 1.98. The molecule has 8 nitrogen and oxygen atoms in total. The Kier molecular flexibility index (Phi) is 2.40. The molecule has 0 amide bonds. The van der Waals surface area contributed by atoms with Crippen molar-refractivity contribution in [1.82, 2.24) is 25.4 Å². The molecular weight excluding hydrogens is 200 g/mol. The standard InChI is InChI=1S/C7H8N6O2/c1-13(2)4-9-6-5(11-15-12-6)7-8-3-10-14-7/h3-4H,1-2H3. The lowest BCUT2D eigenvalue weighted by atomic mass is 10.4. The summed E-state index contributed by atoms with van der Waals surface area (Å²) in [5.41, 5.74) is 0.325. The number of hydrogen-bond acceptors (Lipinski definition) is 7. The molecule has 2 rings (SSSR count). The van der Waals surface area contributed by atoms with Gasteiger partial charge in [0.05, 0.1) is 6.34 Å². The third-order valence-electron chi connectivity index (χ3n) is 1.45. The summed E-state index contributed by atoms with van der Waals surface area (Å²) in [7, 11) is 3.67. The maximum Gasteiger partial charge on any atom is 0.283 e. The zero-order valence-corrected chi connectivity index (χ0v) is 8.15. The van der Waals surface area contributed by atoms with E-state index in [1.54, 1.807) is 11.2 Å². The first-order valence-electron chi connectivity index (χ1n) is 4.07. The SMILES string of the molecule is CN(C)C=Nc1nonc1-c1ncno1. The van der Waals surface area contributed by atoms with Gasteiger partial charge in [0.15, 0.2) is 6.33 Å². The van der Waals surface area contributed by atoms with Crippen LogP contribution in [0.4, 0.5) is 5.82 Å². The van der Waals surface area contributed by atoms with Crippen molar-refractivity contribution in [2.75, 3.05) is 14.1 Å². The Hall–Kier alpha value is -2.25. The van der Waals surface area contributed by atoms with Crippen LogP contribution in [0.3, 0.4) is 0 Å². The Balaban J connectivity index is 2.31. The van der Waals surface area contributed by atoms with Crippen LogP contribution in [0.2, 0.25) is 0 Å². The molecule has 78 valence electrons. The van der Waals surface area contributed by atoms with Gasteiger partial charge >= 0.3 is 0 Å². The average molecular weight is 208 g/mol. The summed E-state index contributed by atoms with van der Waals surface area (Å²) >= 11 is 0. The predicted molar refractivity (Wildman–Crippen MR) is 49.4 cm³/mol. The van der Waals surface area contributed by atoms with E-state index in [0.717, 1.165) is 0 Å². The number of aromatic nitrogens is 4. The van der Waals surface area contributed by atoms with Crippen molar-refractivity contribution >= 4 is 12.2 Å². The molecule has 0 aliphatic rings. The van der Waals surface area contributed by atoms with E-state index in [1.165, 1.54) is 6.33 Å². The molecule has 0 aliphatic carbocycles. The van der Waals surface area contributed by atoms with Crippen LogP contribution < -0.4 is 0 Å². The fourth-order valence-corrected chi connectivity index (χ4v) is 0.851. The van der Waals surface area contributed by atoms with Crippen molar-refractivity contribution in [3.63, 3.8) is 0 Å². The minimum atomic E-state index is 0.224. The molecular formula is C7H8N6O2. The summed E-state index contributed by atoms with van der Waals surface area (Å²) in [6.07, 6.45) is 2.84. The second-order valence-electron chi connectivity index (χ2n) is 2.89. The van der Waals surface area contributed by atoms with Gasteiger partial charge in [-0.25, -0.2) is 9.62 Å². The highest BCUT2D eigenvalue weighted by atomic mass is 16.6. The van der Waals surface area contributed by atoms with Gasteiger partial charge in [-0.2, -0.15) is 4.98 Å². The van der Waals surface area contributed by atoms with Crippen molar-refractivity contribution in [2.45, 2.75) is 0 Å². The monoisotopic (exact) mass is 208 g/mol. The fraction of sp³-hybridized carbons (Fsp3) is 0.286. The number of rotatable bonds is 3. The molecule has 2 aromatic heterocycles. The molecule has 0 radical (unpaired) electrons. The molecule has 0 bridgehead atoms. The summed E-state index contributed by atoms with van der Waals surface area (Å²) < 4.78 is 9.36. The van der Waals surface area contributed by atoms with Crippen molar-refractivity contribution in [2.24, 2.45) is 4.99 Å². The maximum atomic E-state index is 4.81. The van der Waals surface area contributed by atoms with E-state index in [0.29, 0.717) is 11.5 Å². The second-order valence-corrected chi connectivity index (χ2v) is 2.89. The summed E-state index contributed by atoms with van der Waals surface area (Å²) in [6.45, 7) is 0. The summed E-state index contributed by atoms with van der Waals surface area (Å²) in [5, 5.41) is 10.7. The number of hydrogen-bond donors (Lipinski definition) is 0. The first-order chi connectivity index (χ1) is 7.27. The van der Waals surface area contributed by atoms with Gasteiger partial charge in [0.25, 0.3) is 5.89 Å². The Bertz CT molecular complexity index is 446. The molecule has 0 spiro atoms.